The van der Waals surface area contributed by atoms with Crippen LogP contribution in [0.1, 0.15) is 16.8 Å². The molecule has 7 heteroatoms. The normalized spacial score (nSPS) is 20.4. The largest absolute Gasteiger partial charge is 0.480 e. The van der Waals surface area contributed by atoms with E-state index in [0.29, 0.717) is 5.56 Å². The van der Waals surface area contributed by atoms with E-state index in [1.165, 1.54) is 12.1 Å². The van der Waals surface area contributed by atoms with Crippen molar-refractivity contribution < 1.29 is 23.1 Å². The fraction of sp³-hybridized carbons (Fsp3) is 0.222. The van der Waals surface area contributed by atoms with Crippen molar-refractivity contribution in [1.82, 2.24) is 4.90 Å². The molecule has 2 aromatic rings. The van der Waals surface area contributed by atoms with Crippen molar-refractivity contribution in [2.45, 2.75) is 22.6 Å². The highest BCUT2D eigenvalue weighted by molar-refractivity contribution is 7.92. The number of likely N-dealkylation sites (tertiary alicyclic amines) is 1. The lowest BCUT2D eigenvalue weighted by Crippen LogP contribution is -2.40. The zero-order valence-corrected chi connectivity index (χ0v) is 14.1. The Bertz CT molecular complexity index is 880. The monoisotopic (exact) mass is 359 g/mol. The molecular formula is C18H17NO5S. The third-order valence-electron chi connectivity index (χ3n) is 4.34. The summed E-state index contributed by atoms with van der Waals surface area (Å²) >= 11 is 0. The van der Waals surface area contributed by atoms with E-state index in [1.54, 1.807) is 48.5 Å². The minimum atomic E-state index is -3.71. The van der Waals surface area contributed by atoms with Crippen LogP contribution in [0.25, 0.3) is 0 Å². The number of hydrogen-bond acceptors (Lipinski definition) is 4. The summed E-state index contributed by atoms with van der Waals surface area (Å²) in [5.41, 5.74) is 0.339. The summed E-state index contributed by atoms with van der Waals surface area (Å²) in [6, 6.07) is 15.0. The molecule has 0 bridgehead atoms. The van der Waals surface area contributed by atoms with Crippen molar-refractivity contribution in [3.05, 3.63) is 66.2 Å². The number of carboxylic acids is 1. The summed E-state index contributed by atoms with van der Waals surface area (Å²) in [4.78, 5) is 25.5. The van der Waals surface area contributed by atoms with E-state index < -0.39 is 33.0 Å². The van der Waals surface area contributed by atoms with Gasteiger partial charge in [0.25, 0.3) is 5.91 Å². The second-order valence-electron chi connectivity index (χ2n) is 5.89. The molecule has 2 atom stereocenters. The predicted octanol–water partition coefficient (Wildman–Crippen LogP) is 1.83. The van der Waals surface area contributed by atoms with Crippen LogP contribution in [0.4, 0.5) is 0 Å². The number of aliphatic carboxylic acids is 1. The molecule has 0 spiro atoms. The van der Waals surface area contributed by atoms with Gasteiger partial charge in [-0.3, -0.25) is 4.79 Å². The van der Waals surface area contributed by atoms with Gasteiger partial charge in [-0.15, -0.1) is 0 Å². The Morgan fingerprint density at radius 1 is 0.960 bits per heavy atom. The second-order valence-corrected chi connectivity index (χ2v) is 8.12. The number of amides is 1. The lowest BCUT2D eigenvalue weighted by molar-refractivity contribution is -0.141. The van der Waals surface area contributed by atoms with Gasteiger partial charge >= 0.3 is 5.97 Å². The molecule has 2 unspecified atom stereocenters. The molecule has 1 aliphatic heterocycles. The fourth-order valence-electron chi connectivity index (χ4n) is 3.03. The van der Waals surface area contributed by atoms with Gasteiger partial charge in [-0.1, -0.05) is 36.4 Å². The number of nitrogens with zero attached hydrogens (tertiary/aromatic N) is 1. The number of benzene rings is 2. The van der Waals surface area contributed by atoms with Crippen LogP contribution in [-0.2, 0) is 14.6 Å². The third-order valence-corrected chi connectivity index (χ3v) is 6.49. The molecule has 6 nitrogen and oxygen atoms in total. The molecule has 1 saturated heterocycles. The number of carbonyl (C=O) groups excluding carboxylic acids is 1. The number of carboxylic acid groups (broad SMARTS) is 1. The van der Waals surface area contributed by atoms with Crippen LogP contribution in [0.15, 0.2) is 65.6 Å². The summed E-state index contributed by atoms with van der Waals surface area (Å²) in [5.74, 6) is -1.67. The Labute approximate surface area is 145 Å². The number of rotatable bonds is 4. The summed E-state index contributed by atoms with van der Waals surface area (Å²) in [6.45, 7) is -0.137. The molecule has 0 radical (unpaired) electrons. The summed E-state index contributed by atoms with van der Waals surface area (Å²) in [6.07, 6.45) is -0.120. The van der Waals surface area contributed by atoms with Crippen molar-refractivity contribution in [1.29, 1.82) is 0 Å². The maximum atomic E-state index is 12.8. The third kappa shape index (κ3) is 3.28. The smallest absolute Gasteiger partial charge is 0.326 e. The maximum absolute atomic E-state index is 12.8. The van der Waals surface area contributed by atoms with Gasteiger partial charge in [-0.2, -0.15) is 0 Å². The number of sulfone groups is 1. The minimum absolute atomic E-state index is 0.120. The quantitative estimate of drug-likeness (QED) is 0.899. The van der Waals surface area contributed by atoms with Crippen LogP contribution >= 0.6 is 0 Å². The summed E-state index contributed by atoms with van der Waals surface area (Å²) < 4.78 is 25.6. The van der Waals surface area contributed by atoms with Crippen molar-refractivity contribution in [2.24, 2.45) is 0 Å². The topological polar surface area (TPSA) is 91.8 Å². The molecule has 1 aliphatic rings. The van der Waals surface area contributed by atoms with Gasteiger partial charge in [0.2, 0.25) is 0 Å². The molecule has 25 heavy (non-hydrogen) atoms. The highest BCUT2D eigenvalue weighted by Crippen LogP contribution is 2.29. The van der Waals surface area contributed by atoms with Gasteiger partial charge in [-0.05, 0) is 30.7 Å². The van der Waals surface area contributed by atoms with E-state index >= 15 is 0 Å². The Morgan fingerprint density at radius 3 is 2.08 bits per heavy atom. The van der Waals surface area contributed by atoms with E-state index in [-0.39, 0.29) is 17.9 Å². The van der Waals surface area contributed by atoms with E-state index in [1.807, 2.05) is 0 Å². The molecule has 3 rings (SSSR count). The van der Waals surface area contributed by atoms with Gasteiger partial charge in [0, 0.05) is 12.1 Å². The van der Waals surface area contributed by atoms with Crippen molar-refractivity contribution in [2.75, 3.05) is 6.54 Å². The highest BCUT2D eigenvalue weighted by atomic mass is 32.2. The molecule has 1 amide bonds. The van der Waals surface area contributed by atoms with Gasteiger partial charge in [-0.25, -0.2) is 13.2 Å². The van der Waals surface area contributed by atoms with E-state index in [0.717, 1.165) is 4.90 Å². The minimum Gasteiger partial charge on any atom is -0.480 e. The first-order chi connectivity index (χ1) is 11.9. The summed E-state index contributed by atoms with van der Waals surface area (Å²) in [5, 5.41) is 8.50. The molecule has 0 aliphatic carbocycles. The summed E-state index contributed by atoms with van der Waals surface area (Å²) in [7, 11) is -3.71. The first kappa shape index (κ1) is 17.2. The van der Waals surface area contributed by atoms with Crippen LogP contribution in [-0.4, -0.2) is 48.1 Å². The molecule has 0 aromatic heterocycles. The van der Waals surface area contributed by atoms with Gasteiger partial charge < -0.3 is 10.0 Å². The number of hydrogen-bond donors (Lipinski definition) is 1. The standard InChI is InChI=1S/C18H17NO5S/c20-17(13-7-3-1-4-8-13)19-12-15(11-16(19)18(21)22)25(23,24)14-9-5-2-6-10-14/h1-10,15-16H,11-12H2,(H,21,22). The highest BCUT2D eigenvalue weighted by Gasteiger charge is 2.45. The SMILES string of the molecule is O=C(O)C1CC(S(=O)(=O)c2ccccc2)CN1C(=O)c1ccccc1. The van der Waals surface area contributed by atoms with Crippen LogP contribution in [0.2, 0.25) is 0 Å². The Kier molecular flexibility index (Phi) is 4.59. The average Bonchev–Trinajstić information content (AvgIpc) is 3.09. The lowest BCUT2D eigenvalue weighted by atomic mass is 10.1. The Morgan fingerprint density at radius 2 is 1.52 bits per heavy atom. The molecule has 0 saturated carbocycles. The molecule has 130 valence electrons. The average molecular weight is 359 g/mol. The fourth-order valence-corrected chi connectivity index (χ4v) is 4.74. The predicted molar refractivity (Wildman–Crippen MR) is 90.9 cm³/mol. The van der Waals surface area contributed by atoms with Crippen molar-refractivity contribution in [3.63, 3.8) is 0 Å². The van der Waals surface area contributed by atoms with E-state index in [4.69, 9.17) is 0 Å². The van der Waals surface area contributed by atoms with Crippen molar-refractivity contribution >= 4 is 21.7 Å². The van der Waals surface area contributed by atoms with Crippen LogP contribution in [0.5, 0.6) is 0 Å². The second kappa shape index (κ2) is 6.68. The maximum Gasteiger partial charge on any atom is 0.326 e. The van der Waals surface area contributed by atoms with Crippen LogP contribution < -0.4 is 0 Å². The van der Waals surface area contributed by atoms with Crippen LogP contribution in [0.3, 0.4) is 0 Å². The first-order valence-corrected chi connectivity index (χ1v) is 9.33. The van der Waals surface area contributed by atoms with Gasteiger partial charge in [0.15, 0.2) is 9.84 Å². The van der Waals surface area contributed by atoms with Crippen molar-refractivity contribution in [3.8, 4) is 0 Å². The Balaban J connectivity index is 1.91. The first-order valence-electron chi connectivity index (χ1n) is 7.79. The van der Waals surface area contributed by atoms with Crippen LogP contribution in [0, 0.1) is 0 Å². The molecule has 1 N–H and O–H groups in total. The molecule has 1 heterocycles. The molecule has 2 aromatic carbocycles. The van der Waals surface area contributed by atoms with E-state index in [2.05, 4.69) is 0 Å². The van der Waals surface area contributed by atoms with Gasteiger partial charge in [0.1, 0.15) is 6.04 Å². The van der Waals surface area contributed by atoms with Gasteiger partial charge in [0.05, 0.1) is 10.1 Å². The zero-order chi connectivity index (χ0) is 18.0. The number of carbonyl (C=O) groups is 2. The molecular weight excluding hydrogens is 342 g/mol. The lowest BCUT2D eigenvalue weighted by Gasteiger charge is -2.21. The molecule has 1 fully saturated rings. The van der Waals surface area contributed by atoms with E-state index in [9.17, 15) is 23.1 Å². The zero-order valence-electron chi connectivity index (χ0n) is 13.3. The Hall–Kier alpha value is -2.67.